The number of halogens is 1. The van der Waals surface area contributed by atoms with Gasteiger partial charge in [0.2, 0.25) is 0 Å². The first kappa shape index (κ1) is 44.1. The molecule has 1 unspecified atom stereocenters. The molecular formula is C33H63IN5O2PS. The van der Waals surface area contributed by atoms with E-state index in [4.69, 9.17) is 10.1 Å². The van der Waals surface area contributed by atoms with Crippen molar-refractivity contribution in [3.05, 3.63) is 40.3 Å². The molecule has 1 aliphatic rings. The second-order valence-electron chi connectivity index (χ2n) is 12.5. The number of nitrogens with one attached hydrogen (secondary N) is 2. The van der Waals surface area contributed by atoms with Crippen LogP contribution >= 0.6 is 43.3 Å². The third kappa shape index (κ3) is 17.3. The van der Waals surface area contributed by atoms with E-state index in [2.05, 4.69) is 119 Å². The molecule has 0 saturated heterocycles. The third-order valence-electron chi connectivity index (χ3n) is 6.15. The molecule has 43 heavy (non-hydrogen) atoms. The smallest absolute Gasteiger partial charge is 0.277 e. The summed E-state index contributed by atoms with van der Waals surface area (Å²) < 4.78 is 7.18. The summed E-state index contributed by atoms with van der Waals surface area (Å²) in [6, 6.07) is 6.15. The molecule has 1 aliphatic heterocycles. The molecule has 0 spiro atoms. The fourth-order valence-electron chi connectivity index (χ4n) is 3.46. The first-order valence-electron chi connectivity index (χ1n) is 15.5. The lowest BCUT2D eigenvalue weighted by molar-refractivity contribution is 0.256. The monoisotopic (exact) mass is 751 g/mol. The summed E-state index contributed by atoms with van der Waals surface area (Å²) in [5.74, 6) is 1.60. The number of aliphatic imine (C=N–C) groups is 1. The van der Waals surface area contributed by atoms with Crippen molar-refractivity contribution in [1.82, 2.24) is 14.5 Å². The Bertz CT molecular complexity index is 1100. The van der Waals surface area contributed by atoms with Crippen molar-refractivity contribution in [2.45, 2.75) is 121 Å². The van der Waals surface area contributed by atoms with Crippen LogP contribution < -0.4 is 20.7 Å². The van der Waals surface area contributed by atoms with E-state index >= 15 is 0 Å². The lowest BCUT2D eigenvalue weighted by Crippen LogP contribution is -2.35. The van der Waals surface area contributed by atoms with Crippen molar-refractivity contribution in [2.75, 3.05) is 22.5 Å². The van der Waals surface area contributed by atoms with Crippen LogP contribution in [0.5, 0.6) is 0 Å². The maximum Gasteiger partial charge on any atom is 0.277 e. The average molecular weight is 752 g/mol. The molecule has 3 rings (SSSR count). The normalized spacial score (nSPS) is 12.5. The van der Waals surface area contributed by atoms with Crippen molar-refractivity contribution < 1.29 is 5.11 Å². The van der Waals surface area contributed by atoms with Gasteiger partial charge in [-0.25, -0.2) is 9.67 Å². The lowest BCUT2D eigenvalue weighted by atomic mass is 9.92. The summed E-state index contributed by atoms with van der Waals surface area (Å²) in [4.78, 5) is 20.1. The number of anilines is 1. The second kappa shape index (κ2) is 23.3. The van der Waals surface area contributed by atoms with Gasteiger partial charge in [0.15, 0.2) is 0 Å². The highest BCUT2D eigenvalue weighted by molar-refractivity contribution is 14.1. The molecule has 0 radical (unpaired) electrons. The molecule has 250 valence electrons. The van der Waals surface area contributed by atoms with Gasteiger partial charge in [0, 0.05) is 45.3 Å². The zero-order chi connectivity index (χ0) is 33.8. The van der Waals surface area contributed by atoms with E-state index in [1.54, 1.807) is 18.9 Å². The molecule has 2 heterocycles. The van der Waals surface area contributed by atoms with Crippen LogP contribution in [0.4, 0.5) is 11.4 Å². The number of aliphatic hydroxyl groups excluding tert-OH is 1. The molecule has 7 nitrogen and oxygen atoms in total. The van der Waals surface area contributed by atoms with Crippen LogP contribution in [0.3, 0.4) is 0 Å². The van der Waals surface area contributed by atoms with Gasteiger partial charge in [-0.2, -0.15) is 0 Å². The van der Waals surface area contributed by atoms with Crippen molar-refractivity contribution >= 4 is 65.8 Å². The number of aliphatic hydroxyl groups is 1. The number of alkyl halides is 1. The van der Waals surface area contributed by atoms with Crippen LogP contribution in [0.25, 0.3) is 0 Å². The summed E-state index contributed by atoms with van der Waals surface area (Å²) in [5, 5.41) is 12.1. The molecule has 0 bridgehead atoms. The van der Waals surface area contributed by atoms with E-state index in [0.717, 1.165) is 29.0 Å². The Morgan fingerprint density at radius 3 is 2.02 bits per heavy atom. The Labute approximate surface area is 284 Å². The zero-order valence-corrected chi connectivity index (χ0v) is 33.6. The van der Waals surface area contributed by atoms with E-state index in [9.17, 15) is 4.79 Å². The molecule has 2 aromatic rings. The minimum absolute atomic E-state index is 0.0179. The van der Waals surface area contributed by atoms with Gasteiger partial charge in [-0.05, 0) is 68.6 Å². The molecule has 1 aromatic carbocycles. The molecule has 1 aromatic heterocycles. The van der Waals surface area contributed by atoms with Gasteiger partial charge in [-0.15, -0.1) is 0 Å². The van der Waals surface area contributed by atoms with Crippen molar-refractivity contribution in [1.29, 1.82) is 0 Å². The van der Waals surface area contributed by atoms with E-state index in [0.29, 0.717) is 26.7 Å². The molecule has 0 saturated carbocycles. The predicted molar refractivity (Wildman–Crippen MR) is 207 cm³/mol. The third-order valence-corrected chi connectivity index (χ3v) is 7.62. The van der Waals surface area contributed by atoms with Gasteiger partial charge in [0.05, 0.1) is 11.2 Å². The van der Waals surface area contributed by atoms with Gasteiger partial charge in [0.1, 0.15) is 11.4 Å². The first-order valence-corrected chi connectivity index (χ1v) is 19.9. The number of rotatable bonds is 7. The van der Waals surface area contributed by atoms with Crippen LogP contribution in [-0.4, -0.2) is 38.1 Å². The summed E-state index contributed by atoms with van der Waals surface area (Å²) in [5.41, 5.74) is 2.61. The van der Waals surface area contributed by atoms with Gasteiger partial charge >= 0.3 is 0 Å². The predicted octanol–water partition coefficient (Wildman–Crippen LogP) is 9.34. The SMILES string of the molecule is CCC.CCC(C)CC.CCO.CI.CSNc1ccc2c(c1)PNC(c1cn(C(C)(C)C)n(CCC(C)(C)C)c1=O)=N2. The van der Waals surface area contributed by atoms with Crippen LogP contribution in [0.2, 0.25) is 0 Å². The quantitative estimate of drug-likeness (QED) is 0.114. The van der Waals surface area contributed by atoms with Crippen LogP contribution in [0.15, 0.2) is 34.2 Å². The highest BCUT2D eigenvalue weighted by Crippen LogP contribution is 2.27. The van der Waals surface area contributed by atoms with Crippen LogP contribution in [0, 0.1) is 11.3 Å². The Morgan fingerprint density at radius 1 is 1.07 bits per heavy atom. The molecule has 0 aliphatic carbocycles. The second-order valence-corrected chi connectivity index (χ2v) is 14.1. The topological polar surface area (TPSA) is 83.6 Å². The van der Waals surface area contributed by atoms with Gasteiger partial charge in [-0.3, -0.25) is 9.48 Å². The van der Waals surface area contributed by atoms with Crippen LogP contribution in [0.1, 0.15) is 114 Å². The summed E-state index contributed by atoms with van der Waals surface area (Å²) >= 11 is 3.72. The fraction of sp³-hybridized carbons (Fsp3) is 0.697. The van der Waals surface area contributed by atoms with E-state index in [1.807, 2.05) is 34.2 Å². The first-order chi connectivity index (χ1) is 20.1. The number of amidine groups is 1. The van der Waals surface area contributed by atoms with Gasteiger partial charge < -0.3 is 14.9 Å². The van der Waals surface area contributed by atoms with E-state index in [-0.39, 0.29) is 23.1 Å². The number of hydrogen-bond donors (Lipinski definition) is 3. The van der Waals surface area contributed by atoms with Crippen LogP contribution in [-0.2, 0) is 12.1 Å². The van der Waals surface area contributed by atoms with Crippen molar-refractivity contribution in [2.24, 2.45) is 16.3 Å². The summed E-state index contributed by atoms with van der Waals surface area (Å²) in [6.07, 6.45) is 8.80. The van der Waals surface area contributed by atoms with Crippen molar-refractivity contribution in [3.63, 3.8) is 0 Å². The number of fused-ring (bicyclic) bond motifs is 1. The van der Waals surface area contributed by atoms with Gasteiger partial charge in [-0.1, -0.05) is 109 Å². The number of hydrogen-bond acceptors (Lipinski definition) is 6. The minimum atomic E-state index is -0.191. The molecule has 3 N–H and O–H groups in total. The summed E-state index contributed by atoms with van der Waals surface area (Å²) in [6.45, 7) is 26.6. The Balaban J connectivity index is 0. The Kier molecular flexibility index (Phi) is 23.9. The average Bonchev–Trinajstić information content (AvgIpc) is 3.30. The number of benzene rings is 1. The van der Waals surface area contributed by atoms with E-state index < -0.39 is 0 Å². The maximum atomic E-state index is 13.3. The lowest BCUT2D eigenvalue weighted by Gasteiger charge is -2.27. The molecular weight excluding hydrogens is 688 g/mol. The highest BCUT2D eigenvalue weighted by Gasteiger charge is 2.25. The minimum Gasteiger partial charge on any atom is -0.397 e. The van der Waals surface area contributed by atoms with Gasteiger partial charge in [0.25, 0.3) is 5.56 Å². The standard InChI is InChI=1S/C21H32N5OPS.C6H14.C3H8.C2H6O.CH3I/c1-20(2,3)10-11-25-19(27)15(13-26(25)21(4,5)6)18-22-16-9-8-14(24-29-7)12-17(16)28-23-18;1-4-6(3)5-2;1-3-2;1-2-3;1-2/h8-9,12-13,24,28H,10-11H2,1-7H3,(H,22,23);6H,4-5H2,1-3H3;3H2,1-2H3;3H,2H2,1H3;1H3. The fourth-order valence-corrected chi connectivity index (χ4v) is 4.76. The number of nitrogens with zero attached hydrogens (tertiary/aromatic N) is 3. The highest BCUT2D eigenvalue weighted by atomic mass is 127. The molecule has 10 heteroatoms. The zero-order valence-electron chi connectivity index (χ0n) is 29.6. The molecule has 0 amide bonds. The van der Waals surface area contributed by atoms with Crippen molar-refractivity contribution in [3.8, 4) is 0 Å². The summed E-state index contributed by atoms with van der Waals surface area (Å²) in [7, 11) is 0.373. The van der Waals surface area contributed by atoms with E-state index in [1.165, 1.54) is 19.3 Å². The Morgan fingerprint density at radius 2 is 1.60 bits per heavy atom. The largest absolute Gasteiger partial charge is 0.397 e. The molecule has 1 atom stereocenters. The molecule has 0 fully saturated rings. The maximum absolute atomic E-state index is 13.3. The number of aromatic nitrogens is 2. The Hall–Kier alpha value is -1.03.